The lowest BCUT2D eigenvalue weighted by Crippen LogP contribution is -2.16. The van der Waals surface area contributed by atoms with Crippen LogP contribution in [0.5, 0.6) is 0 Å². The summed E-state index contributed by atoms with van der Waals surface area (Å²) in [5.41, 5.74) is 3.44. The highest BCUT2D eigenvalue weighted by molar-refractivity contribution is 6.01. The largest absolute Gasteiger partial charge is 0.303 e. The maximum Gasteiger partial charge on any atom is 0.262 e. The lowest BCUT2D eigenvalue weighted by atomic mass is 10.1. The van der Waals surface area contributed by atoms with Crippen molar-refractivity contribution in [3.05, 3.63) is 72.1 Å². The maximum atomic E-state index is 12.8. The zero-order chi connectivity index (χ0) is 16.7. The molecule has 0 aliphatic heterocycles. The number of carbonyl (C=O) groups is 2. The number of nitrogens with zero attached hydrogens (tertiary/aromatic N) is 1. The van der Waals surface area contributed by atoms with E-state index in [0.29, 0.717) is 11.3 Å². The fourth-order valence-corrected chi connectivity index (χ4v) is 2.45. The third kappa shape index (κ3) is 3.14. The van der Waals surface area contributed by atoms with Crippen LogP contribution in [0.4, 0.5) is 0 Å². The van der Waals surface area contributed by atoms with Gasteiger partial charge in [0, 0.05) is 23.3 Å². The molecule has 0 aliphatic carbocycles. The van der Waals surface area contributed by atoms with E-state index in [-0.39, 0.29) is 12.3 Å². The van der Waals surface area contributed by atoms with Crippen LogP contribution in [0, 0.1) is 6.92 Å². The summed E-state index contributed by atoms with van der Waals surface area (Å²) >= 11 is 0. The van der Waals surface area contributed by atoms with Crippen molar-refractivity contribution >= 4 is 24.3 Å². The van der Waals surface area contributed by atoms with Crippen LogP contribution >= 0.6 is 0 Å². The molecule has 0 unspecified atom stereocenters. The number of rotatable bonds is 7. The second-order valence-corrected chi connectivity index (χ2v) is 4.64. The number of carbonyl (C=O) groups excluding carboxylic acids is 2. The van der Waals surface area contributed by atoms with Gasteiger partial charge >= 0.3 is 0 Å². The Morgan fingerprint density at radius 3 is 2.36 bits per heavy atom. The number of allylic oxidation sites excluding steroid dienone is 5. The van der Waals surface area contributed by atoms with E-state index in [2.05, 4.69) is 19.7 Å². The minimum absolute atomic E-state index is 0.189. The molecule has 0 amide bonds. The summed E-state index contributed by atoms with van der Waals surface area (Å²) in [5, 5.41) is 0. The molecule has 0 aliphatic rings. The second kappa shape index (κ2) is 7.93. The standard InChI is InChI=1S/C19H21NO2/c1-6-10-15(11-7-2)19(22)20-14(5)17(12-13-21)16(8-3)18(20)9-4/h6-11,13H,1,3-4,12H2,2,5H3/b11-7-,15-10+. The molecule has 3 nitrogen and oxygen atoms in total. The van der Waals surface area contributed by atoms with Crippen LogP contribution in [0.15, 0.2) is 49.6 Å². The zero-order valence-corrected chi connectivity index (χ0v) is 13.1. The smallest absolute Gasteiger partial charge is 0.262 e. The van der Waals surface area contributed by atoms with Gasteiger partial charge in [0.25, 0.3) is 5.91 Å². The highest BCUT2D eigenvalue weighted by Gasteiger charge is 2.21. The number of hydrogen-bond acceptors (Lipinski definition) is 2. The quantitative estimate of drug-likeness (QED) is 0.430. The lowest BCUT2D eigenvalue weighted by Gasteiger charge is -2.09. The van der Waals surface area contributed by atoms with Crippen LogP contribution in [-0.4, -0.2) is 16.8 Å². The van der Waals surface area contributed by atoms with Gasteiger partial charge in [0.15, 0.2) is 0 Å². The molecule has 1 aromatic rings. The summed E-state index contributed by atoms with van der Waals surface area (Å²) in [6.07, 6.45) is 11.1. The lowest BCUT2D eigenvalue weighted by molar-refractivity contribution is -0.107. The fourth-order valence-electron chi connectivity index (χ4n) is 2.45. The van der Waals surface area contributed by atoms with Gasteiger partial charge in [-0.3, -0.25) is 9.36 Å². The molecule has 0 atom stereocenters. The van der Waals surface area contributed by atoms with Crippen molar-refractivity contribution in [2.24, 2.45) is 0 Å². The van der Waals surface area contributed by atoms with Gasteiger partial charge in [0.1, 0.15) is 6.29 Å². The number of aldehydes is 1. The Bertz CT molecular complexity index is 685. The van der Waals surface area contributed by atoms with Crippen LogP contribution in [0.25, 0.3) is 12.2 Å². The summed E-state index contributed by atoms with van der Waals surface area (Å²) < 4.78 is 1.57. The number of hydrogen-bond donors (Lipinski definition) is 0. The Hall–Kier alpha value is -2.68. The minimum Gasteiger partial charge on any atom is -0.303 e. The van der Waals surface area contributed by atoms with Crippen molar-refractivity contribution in [2.75, 3.05) is 0 Å². The van der Waals surface area contributed by atoms with Crippen molar-refractivity contribution in [3.8, 4) is 0 Å². The average molecular weight is 295 g/mol. The summed E-state index contributed by atoms with van der Waals surface area (Å²) in [6, 6.07) is 0. The molecule has 22 heavy (non-hydrogen) atoms. The van der Waals surface area contributed by atoms with E-state index in [9.17, 15) is 9.59 Å². The van der Waals surface area contributed by atoms with Crippen molar-refractivity contribution in [1.29, 1.82) is 0 Å². The molecule has 0 radical (unpaired) electrons. The molecular weight excluding hydrogens is 274 g/mol. The van der Waals surface area contributed by atoms with Crippen molar-refractivity contribution in [2.45, 2.75) is 20.3 Å². The Morgan fingerprint density at radius 1 is 1.23 bits per heavy atom. The van der Waals surface area contributed by atoms with Crippen LogP contribution < -0.4 is 0 Å². The molecule has 0 fully saturated rings. The highest BCUT2D eigenvalue weighted by Crippen LogP contribution is 2.26. The summed E-state index contributed by atoms with van der Waals surface area (Å²) in [5.74, 6) is -0.189. The average Bonchev–Trinajstić information content (AvgIpc) is 2.78. The minimum atomic E-state index is -0.189. The topological polar surface area (TPSA) is 39.1 Å². The Labute approximate surface area is 131 Å². The van der Waals surface area contributed by atoms with E-state index in [1.165, 1.54) is 0 Å². The van der Waals surface area contributed by atoms with Gasteiger partial charge in [-0.15, -0.1) is 0 Å². The maximum absolute atomic E-state index is 12.8. The van der Waals surface area contributed by atoms with Crippen molar-refractivity contribution < 1.29 is 9.59 Å². The summed E-state index contributed by atoms with van der Waals surface area (Å²) in [7, 11) is 0. The predicted molar refractivity (Wildman–Crippen MR) is 92.8 cm³/mol. The Kier molecular flexibility index (Phi) is 6.26. The first kappa shape index (κ1) is 17.4. The van der Waals surface area contributed by atoms with Gasteiger partial charge < -0.3 is 4.79 Å². The van der Waals surface area contributed by atoms with E-state index in [0.717, 1.165) is 23.1 Å². The van der Waals surface area contributed by atoms with Crippen LogP contribution in [-0.2, 0) is 11.2 Å². The molecular formula is C19H21NO2. The molecule has 0 aromatic carbocycles. The first-order chi connectivity index (χ1) is 10.6. The van der Waals surface area contributed by atoms with Gasteiger partial charge in [0.2, 0.25) is 0 Å². The molecule has 114 valence electrons. The predicted octanol–water partition coefficient (Wildman–Crippen LogP) is 4.15. The Morgan fingerprint density at radius 2 is 1.91 bits per heavy atom. The summed E-state index contributed by atoms with van der Waals surface area (Å²) in [4.78, 5) is 23.8. The van der Waals surface area contributed by atoms with Gasteiger partial charge in [0.05, 0.1) is 5.69 Å². The van der Waals surface area contributed by atoms with Gasteiger partial charge in [-0.1, -0.05) is 50.1 Å². The van der Waals surface area contributed by atoms with Crippen LogP contribution in [0.1, 0.15) is 34.2 Å². The normalized spacial score (nSPS) is 11.5. The molecule has 0 saturated heterocycles. The molecule has 0 spiro atoms. The third-order valence-electron chi connectivity index (χ3n) is 3.39. The first-order valence-corrected chi connectivity index (χ1v) is 7.00. The Balaban J connectivity index is 3.65. The molecule has 1 rings (SSSR count). The first-order valence-electron chi connectivity index (χ1n) is 7.00. The number of aromatic nitrogens is 1. The second-order valence-electron chi connectivity index (χ2n) is 4.64. The van der Waals surface area contributed by atoms with Crippen molar-refractivity contribution in [1.82, 2.24) is 4.57 Å². The van der Waals surface area contributed by atoms with E-state index in [4.69, 9.17) is 0 Å². The summed E-state index contributed by atoms with van der Waals surface area (Å²) in [6.45, 7) is 14.9. The third-order valence-corrected chi connectivity index (χ3v) is 3.39. The van der Waals surface area contributed by atoms with Crippen LogP contribution in [0.2, 0.25) is 0 Å². The molecule has 1 heterocycles. The molecule has 1 aromatic heterocycles. The van der Waals surface area contributed by atoms with E-state index >= 15 is 0 Å². The molecule has 0 bridgehead atoms. The SMILES string of the molecule is C=C/C=C(\C=C/C)C(=O)n1c(C)c(CC=O)c(C=C)c1C=C. The van der Waals surface area contributed by atoms with E-state index < -0.39 is 0 Å². The molecule has 0 saturated carbocycles. The monoisotopic (exact) mass is 295 g/mol. The van der Waals surface area contributed by atoms with Gasteiger partial charge in [-0.05, 0) is 25.5 Å². The van der Waals surface area contributed by atoms with Crippen LogP contribution in [0.3, 0.4) is 0 Å². The zero-order valence-electron chi connectivity index (χ0n) is 13.1. The molecule has 0 N–H and O–H groups in total. The van der Waals surface area contributed by atoms with E-state index in [1.54, 1.807) is 41.0 Å². The highest BCUT2D eigenvalue weighted by atomic mass is 16.2. The van der Waals surface area contributed by atoms with Gasteiger partial charge in [-0.2, -0.15) is 0 Å². The van der Waals surface area contributed by atoms with E-state index in [1.807, 2.05) is 13.8 Å². The van der Waals surface area contributed by atoms with Gasteiger partial charge in [-0.25, -0.2) is 0 Å². The molecule has 3 heteroatoms. The fraction of sp³-hybridized carbons (Fsp3) is 0.158. The van der Waals surface area contributed by atoms with Crippen molar-refractivity contribution in [3.63, 3.8) is 0 Å².